The number of aromatic hydroxyl groups is 1. The highest BCUT2D eigenvalue weighted by atomic mass is 19.1. The summed E-state index contributed by atoms with van der Waals surface area (Å²) in [5.41, 5.74) is 20.0. The molecule has 2 aromatic rings. The fourth-order valence-electron chi connectivity index (χ4n) is 4.92. The van der Waals surface area contributed by atoms with Gasteiger partial charge in [0.25, 0.3) is 0 Å². The van der Waals surface area contributed by atoms with E-state index in [4.69, 9.17) is 23.0 Å². The Morgan fingerprint density at radius 3 is 2.55 bits per heavy atom. The number of alkyl halides is 1. The summed E-state index contributed by atoms with van der Waals surface area (Å²) in [5.74, 6) is 6.24. The van der Waals surface area contributed by atoms with Crippen molar-refractivity contribution in [1.82, 2.24) is 9.88 Å². The average Bonchev–Trinajstić information content (AvgIpc) is 2.97. The third-order valence-corrected chi connectivity index (χ3v) is 6.19. The van der Waals surface area contributed by atoms with Crippen molar-refractivity contribution < 1.29 is 9.50 Å². The fraction of sp³-hybridized carbons (Fsp3) is 0.417. The lowest BCUT2D eigenvalue weighted by Gasteiger charge is -2.49. The van der Waals surface area contributed by atoms with E-state index < -0.39 is 17.8 Å². The van der Waals surface area contributed by atoms with Crippen LogP contribution in [-0.4, -0.2) is 26.9 Å². The van der Waals surface area contributed by atoms with Crippen molar-refractivity contribution in [1.29, 1.82) is 0 Å². The van der Waals surface area contributed by atoms with E-state index in [1.54, 1.807) is 18.2 Å². The zero-order valence-corrected chi connectivity index (χ0v) is 19.9. The predicted octanol–water partition coefficient (Wildman–Crippen LogP) is 3.08. The summed E-state index contributed by atoms with van der Waals surface area (Å²) in [5, 5.41) is 15.2. The van der Waals surface area contributed by atoms with Crippen LogP contribution in [0, 0.1) is 6.92 Å². The molecule has 1 saturated heterocycles. The summed E-state index contributed by atoms with van der Waals surface area (Å²) < 4.78 is 17.4. The van der Waals surface area contributed by atoms with Gasteiger partial charge in [-0.25, -0.2) is 10.2 Å². The summed E-state index contributed by atoms with van der Waals surface area (Å²) >= 11 is 0. The van der Waals surface area contributed by atoms with E-state index in [0.29, 0.717) is 34.8 Å². The number of phenolic OH excluding ortho intramolecular Hbond substituents is 1. The van der Waals surface area contributed by atoms with Gasteiger partial charge in [-0.05, 0) is 65.3 Å². The molecule has 180 valence electrons. The molecule has 9 heteroatoms. The lowest BCUT2D eigenvalue weighted by atomic mass is 9.78. The number of hydrogen-bond donors (Lipinski definition) is 6. The van der Waals surface area contributed by atoms with Crippen molar-refractivity contribution in [2.24, 2.45) is 17.3 Å². The van der Waals surface area contributed by atoms with Crippen molar-refractivity contribution in [3.05, 3.63) is 53.5 Å². The van der Waals surface area contributed by atoms with E-state index in [1.165, 1.54) is 23.5 Å². The number of benzene rings is 1. The van der Waals surface area contributed by atoms with Gasteiger partial charge in [-0.1, -0.05) is 0 Å². The van der Waals surface area contributed by atoms with Crippen LogP contribution in [0.1, 0.15) is 57.0 Å². The second kappa shape index (κ2) is 8.64. The topological polar surface area (TPSA) is 145 Å². The van der Waals surface area contributed by atoms with Gasteiger partial charge in [-0.15, -0.1) is 0 Å². The zero-order valence-electron chi connectivity index (χ0n) is 19.9. The summed E-state index contributed by atoms with van der Waals surface area (Å²) in [7, 11) is 0. The van der Waals surface area contributed by atoms with Crippen LogP contribution in [0.15, 0.2) is 36.7 Å². The maximum atomic E-state index is 15.5. The molecule has 2 heterocycles. The first-order valence-electron chi connectivity index (χ1n) is 10.9. The fourth-order valence-corrected chi connectivity index (χ4v) is 4.92. The molecule has 0 spiro atoms. The van der Waals surface area contributed by atoms with Crippen LogP contribution in [0.2, 0.25) is 0 Å². The van der Waals surface area contributed by atoms with Crippen molar-refractivity contribution in [2.75, 3.05) is 10.7 Å². The van der Waals surface area contributed by atoms with Crippen LogP contribution in [0.3, 0.4) is 0 Å². The zero-order chi connectivity index (χ0) is 24.7. The number of hydrogen-bond acceptors (Lipinski definition) is 7. The van der Waals surface area contributed by atoms with Crippen LogP contribution in [0.5, 0.6) is 5.75 Å². The van der Waals surface area contributed by atoms with E-state index in [0.717, 1.165) is 5.69 Å². The van der Waals surface area contributed by atoms with Gasteiger partial charge in [0.2, 0.25) is 0 Å². The van der Waals surface area contributed by atoms with Crippen molar-refractivity contribution in [3.8, 4) is 5.75 Å². The number of hydrazine groups is 1. The first-order chi connectivity index (χ1) is 15.3. The van der Waals surface area contributed by atoms with E-state index in [2.05, 4.69) is 19.2 Å². The Balaban J connectivity index is 1.97. The second-order valence-electron chi connectivity index (χ2n) is 9.95. The van der Waals surface area contributed by atoms with Gasteiger partial charge >= 0.3 is 0 Å². The molecule has 0 radical (unpaired) electrons. The highest BCUT2D eigenvalue weighted by Gasteiger charge is 2.47. The number of nitrogens with two attached hydrogens (primary N) is 4. The third kappa shape index (κ3) is 4.79. The molecule has 0 unspecified atom stereocenters. The number of rotatable bonds is 5. The molecule has 3 rings (SSSR count). The monoisotopic (exact) mass is 457 g/mol. The molecule has 1 aromatic heterocycles. The molecule has 0 saturated carbocycles. The standard InChI is InChI=1S/C24H36FN7O/c1-14-10-15(11-18(27)17-7-6-16(12-20(17)33)31(29)9-8-26)22(28)32(14)19-13-23(2,3)30-24(4,5)21(19)25/h6-12,19,21,30,33H,13,26-29H2,1-5H3/b9-8-,18-11-/t19-,21-/m0/s1. The lowest BCUT2D eigenvalue weighted by molar-refractivity contribution is 0.0301. The summed E-state index contributed by atoms with van der Waals surface area (Å²) in [6.45, 7) is 9.79. The molecular weight excluding hydrogens is 421 g/mol. The number of aryl methyl sites for hydroxylation is 1. The van der Waals surface area contributed by atoms with E-state index in [1.807, 2.05) is 31.4 Å². The number of aromatic nitrogens is 1. The molecule has 1 aromatic carbocycles. The van der Waals surface area contributed by atoms with Crippen molar-refractivity contribution in [2.45, 2.75) is 64.3 Å². The Labute approximate surface area is 194 Å². The highest BCUT2D eigenvalue weighted by Crippen LogP contribution is 2.41. The number of nitrogens with one attached hydrogen (secondary N) is 1. The highest BCUT2D eigenvalue weighted by molar-refractivity contribution is 5.85. The Morgan fingerprint density at radius 1 is 1.27 bits per heavy atom. The SMILES string of the molecule is Cc1cc(/C=C(\N)c2ccc(N(N)/C=C\N)cc2O)c(N)n1[C@H]1CC(C)(C)NC(C)(C)[C@H]1F. The van der Waals surface area contributed by atoms with Crippen LogP contribution in [-0.2, 0) is 0 Å². The quantitative estimate of drug-likeness (QED) is 0.299. The van der Waals surface area contributed by atoms with Crippen molar-refractivity contribution in [3.63, 3.8) is 0 Å². The molecular formula is C24H36FN7O. The minimum atomic E-state index is -1.13. The maximum Gasteiger partial charge on any atom is 0.138 e. The summed E-state index contributed by atoms with van der Waals surface area (Å²) in [4.78, 5) is 0. The minimum Gasteiger partial charge on any atom is -0.507 e. The first-order valence-corrected chi connectivity index (χ1v) is 10.9. The lowest BCUT2D eigenvalue weighted by Crippen LogP contribution is -2.64. The Bertz CT molecular complexity index is 1090. The van der Waals surface area contributed by atoms with E-state index in [-0.39, 0.29) is 11.3 Å². The number of anilines is 2. The number of nitrogen functional groups attached to an aromatic ring is 1. The number of halogens is 1. The van der Waals surface area contributed by atoms with Crippen molar-refractivity contribution >= 4 is 23.3 Å². The molecule has 8 nitrogen and oxygen atoms in total. The first kappa shape index (κ1) is 24.5. The summed E-state index contributed by atoms with van der Waals surface area (Å²) in [6, 6.07) is 6.33. The minimum absolute atomic E-state index is 0.0393. The molecule has 2 atom stereocenters. The number of piperidine rings is 1. The summed E-state index contributed by atoms with van der Waals surface area (Å²) in [6.07, 6.45) is 3.90. The largest absolute Gasteiger partial charge is 0.507 e. The van der Waals surface area contributed by atoms with Gasteiger partial charge in [0, 0.05) is 52.1 Å². The van der Waals surface area contributed by atoms with Gasteiger partial charge in [0.1, 0.15) is 17.7 Å². The van der Waals surface area contributed by atoms with Gasteiger partial charge in [-0.2, -0.15) is 0 Å². The van der Waals surface area contributed by atoms with Crippen LogP contribution >= 0.6 is 0 Å². The van der Waals surface area contributed by atoms with Crippen LogP contribution < -0.4 is 33.4 Å². The van der Waals surface area contributed by atoms with Crippen LogP contribution in [0.4, 0.5) is 15.9 Å². The third-order valence-electron chi connectivity index (χ3n) is 6.19. The molecule has 0 aliphatic carbocycles. The van der Waals surface area contributed by atoms with E-state index in [9.17, 15) is 5.11 Å². The Hall–Kier alpha value is -3.17. The normalized spacial score (nSPS) is 22.6. The number of nitrogens with zero attached hydrogens (tertiary/aromatic N) is 2. The predicted molar refractivity (Wildman–Crippen MR) is 134 cm³/mol. The molecule has 33 heavy (non-hydrogen) atoms. The van der Waals surface area contributed by atoms with Gasteiger partial charge in [0.15, 0.2) is 0 Å². The second-order valence-corrected chi connectivity index (χ2v) is 9.95. The molecule has 0 amide bonds. The van der Waals surface area contributed by atoms with E-state index >= 15 is 4.39 Å². The van der Waals surface area contributed by atoms with Gasteiger partial charge < -0.3 is 32.2 Å². The molecule has 1 aliphatic rings. The molecule has 0 bridgehead atoms. The Kier molecular flexibility index (Phi) is 6.41. The average molecular weight is 458 g/mol. The maximum absolute atomic E-state index is 15.5. The molecule has 1 aliphatic heterocycles. The number of phenols is 1. The smallest absolute Gasteiger partial charge is 0.138 e. The van der Waals surface area contributed by atoms with Gasteiger partial charge in [-0.3, -0.25) is 5.01 Å². The molecule has 1 fully saturated rings. The van der Waals surface area contributed by atoms with Gasteiger partial charge in [0.05, 0.1) is 11.7 Å². The molecule has 10 N–H and O–H groups in total. The van der Waals surface area contributed by atoms with Crippen LogP contribution in [0.25, 0.3) is 11.8 Å². The Morgan fingerprint density at radius 2 is 1.94 bits per heavy atom.